The van der Waals surface area contributed by atoms with Crippen molar-refractivity contribution in [2.45, 2.75) is 6.42 Å². The lowest BCUT2D eigenvalue weighted by Crippen LogP contribution is -1.84. The first-order chi connectivity index (χ1) is 5.79. The van der Waals surface area contributed by atoms with Gasteiger partial charge in [0.2, 0.25) is 6.20 Å². The topological polar surface area (TPSA) is 43.1 Å². The van der Waals surface area contributed by atoms with Crippen LogP contribution >= 0.6 is 0 Å². The average molecular weight is 163 g/mol. The summed E-state index contributed by atoms with van der Waals surface area (Å²) in [4.78, 5) is 9.45. The standard InChI is InChI=1S/C9H9NO2/c11-10(12)8-4-7-9-5-2-1-3-6-9/h1-6,8H,7H2/b8-4+. The molecule has 62 valence electrons. The first-order valence-electron chi connectivity index (χ1n) is 3.63. The fraction of sp³-hybridized carbons (Fsp3) is 0.111. The maximum atomic E-state index is 9.91. The fourth-order valence-electron chi connectivity index (χ4n) is 0.889. The summed E-state index contributed by atoms with van der Waals surface area (Å²) in [5, 5.41) is 9.91. The van der Waals surface area contributed by atoms with Crippen LogP contribution in [0.1, 0.15) is 5.56 Å². The second kappa shape index (κ2) is 4.28. The van der Waals surface area contributed by atoms with Gasteiger partial charge < -0.3 is 0 Å². The zero-order valence-corrected chi connectivity index (χ0v) is 6.51. The third-order valence-corrected chi connectivity index (χ3v) is 1.42. The van der Waals surface area contributed by atoms with Gasteiger partial charge in [0.05, 0.1) is 4.92 Å². The molecule has 0 atom stereocenters. The number of benzene rings is 1. The van der Waals surface area contributed by atoms with Crippen molar-refractivity contribution >= 4 is 0 Å². The van der Waals surface area contributed by atoms with Crippen molar-refractivity contribution in [2.75, 3.05) is 0 Å². The average Bonchev–Trinajstić information content (AvgIpc) is 2.05. The zero-order chi connectivity index (χ0) is 8.81. The minimum atomic E-state index is -0.455. The summed E-state index contributed by atoms with van der Waals surface area (Å²) >= 11 is 0. The largest absolute Gasteiger partial charge is 0.259 e. The third kappa shape index (κ3) is 2.96. The number of hydrogen-bond acceptors (Lipinski definition) is 2. The molecule has 3 nitrogen and oxygen atoms in total. The molecule has 0 N–H and O–H groups in total. The van der Waals surface area contributed by atoms with Crippen molar-refractivity contribution in [2.24, 2.45) is 0 Å². The summed E-state index contributed by atoms with van der Waals surface area (Å²) in [5.41, 5.74) is 1.08. The van der Waals surface area contributed by atoms with E-state index >= 15 is 0 Å². The highest BCUT2D eigenvalue weighted by molar-refractivity contribution is 5.16. The molecule has 0 saturated carbocycles. The highest BCUT2D eigenvalue weighted by Gasteiger charge is 1.88. The van der Waals surface area contributed by atoms with Crippen molar-refractivity contribution in [3.8, 4) is 0 Å². The highest BCUT2D eigenvalue weighted by atomic mass is 16.6. The van der Waals surface area contributed by atoms with Gasteiger partial charge in [-0.05, 0) is 18.1 Å². The Balaban J connectivity index is 2.49. The first kappa shape index (κ1) is 8.46. The maximum Gasteiger partial charge on any atom is 0.230 e. The molecule has 0 aromatic heterocycles. The Morgan fingerprint density at radius 1 is 1.33 bits per heavy atom. The first-order valence-corrected chi connectivity index (χ1v) is 3.63. The number of rotatable bonds is 3. The van der Waals surface area contributed by atoms with Gasteiger partial charge in [0.15, 0.2) is 0 Å². The quantitative estimate of drug-likeness (QED) is 0.505. The summed E-state index contributed by atoms with van der Waals surface area (Å²) in [6, 6.07) is 9.61. The Labute approximate surface area is 70.5 Å². The molecular weight excluding hydrogens is 154 g/mol. The smallest absolute Gasteiger partial charge is 0.230 e. The van der Waals surface area contributed by atoms with Crippen LogP contribution in [0, 0.1) is 10.1 Å². The minimum Gasteiger partial charge on any atom is -0.259 e. The van der Waals surface area contributed by atoms with Crippen molar-refractivity contribution in [1.29, 1.82) is 0 Å². The molecule has 1 aromatic rings. The lowest BCUT2D eigenvalue weighted by atomic mass is 10.1. The van der Waals surface area contributed by atoms with Crippen LogP contribution in [0.15, 0.2) is 42.6 Å². The normalized spacial score (nSPS) is 10.3. The number of allylic oxidation sites excluding steroid dienone is 1. The Morgan fingerprint density at radius 3 is 2.58 bits per heavy atom. The van der Waals surface area contributed by atoms with Crippen LogP contribution in [0.5, 0.6) is 0 Å². The molecule has 3 heteroatoms. The van der Waals surface area contributed by atoms with Crippen LogP contribution in [0.25, 0.3) is 0 Å². The minimum absolute atomic E-state index is 0.455. The molecule has 1 aromatic carbocycles. The molecule has 1 rings (SSSR count). The maximum absolute atomic E-state index is 9.91. The number of nitro groups is 1. The van der Waals surface area contributed by atoms with Crippen LogP contribution in [-0.4, -0.2) is 4.92 Å². The van der Waals surface area contributed by atoms with E-state index < -0.39 is 4.92 Å². The summed E-state index contributed by atoms with van der Waals surface area (Å²) in [6.45, 7) is 0. The van der Waals surface area contributed by atoms with E-state index in [0.717, 1.165) is 11.8 Å². The zero-order valence-electron chi connectivity index (χ0n) is 6.51. The molecule has 0 spiro atoms. The van der Waals surface area contributed by atoms with Gasteiger partial charge in [-0.15, -0.1) is 0 Å². The molecule has 0 aliphatic rings. The van der Waals surface area contributed by atoms with E-state index in [9.17, 15) is 10.1 Å². The second-order valence-electron chi connectivity index (χ2n) is 2.36. The van der Waals surface area contributed by atoms with E-state index in [0.29, 0.717) is 6.42 Å². The van der Waals surface area contributed by atoms with Crippen LogP contribution in [-0.2, 0) is 6.42 Å². The van der Waals surface area contributed by atoms with Crippen LogP contribution in [0.2, 0.25) is 0 Å². The van der Waals surface area contributed by atoms with Gasteiger partial charge in [0.25, 0.3) is 0 Å². The number of nitrogens with zero attached hydrogens (tertiary/aromatic N) is 1. The third-order valence-electron chi connectivity index (χ3n) is 1.42. The number of hydrogen-bond donors (Lipinski definition) is 0. The SMILES string of the molecule is O=[N+]([O-])/C=C/Cc1ccccc1. The Bertz CT molecular complexity index is 280. The molecule has 0 aliphatic heterocycles. The van der Waals surface area contributed by atoms with Gasteiger partial charge in [0, 0.05) is 0 Å². The Hall–Kier alpha value is -1.64. The van der Waals surface area contributed by atoms with Gasteiger partial charge >= 0.3 is 0 Å². The molecule has 0 unspecified atom stereocenters. The van der Waals surface area contributed by atoms with Crippen LogP contribution < -0.4 is 0 Å². The van der Waals surface area contributed by atoms with E-state index in [4.69, 9.17) is 0 Å². The fourth-order valence-corrected chi connectivity index (χ4v) is 0.889. The summed E-state index contributed by atoms with van der Waals surface area (Å²) < 4.78 is 0. The van der Waals surface area contributed by atoms with Crippen molar-refractivity contribution in [3.05, 3.63) is 58.3 Å². The molecular formula is C9H9NO2. The summed E-state index contributed by atoms with van der Waals surface area (Å²) in [5.74, 6) is 0. The Kier molecular flexibility index (Phi) is 3.02. The van der Waals surface area contributed by atoms with E-state index in [1.54, 1.807) is 0 Å². The lowest BCUT2D eigenvalue weighted by molar-refractivity contribution is -0.402. The van der Waals surface area contributed by atoms with Crippen molar-refractivity contribution in [3.63, 3.8) is 0 Å². The van der Waals surface area contributed by atoms with Crippen LogP contribution in [0.3, 0.4) is 0 Å². The molecule has 0 saturated heterocycles. The van der Waals surface area contributed by atoms with Crippen molar-refractivity contribution in [1.82, 2.24) is 0 Å². The van der Waals surface area contributed by atoms with Gasteiger partial charge in [-0.3, -0.25) is 10.1 Å². The lowest BCUT2D eigenvalue weighted by Gasteiger charge is -1.91. The molecule has 0 aliphatic carbocycles. The predicted molar refractivity (Wildman–Crippen MR) is 46.3 cm³/mol. The molecule has 0 amide bonds. The van der Waals surface area contributed by atoms with E-state index in [2.05, 4.69) is 0 Å². The van der Waals surface area contributed by atoms with Crippen molar-refractivity contribution < 1.29 is 4.92 Å². The van der Waals surface area contributed by atoms with E-state index in [1.165, 1.54) is 6.08 Å². The second-order valence-corrected chi connectivity index (χ2v) is 2.36. The van der Waals surface area contributed by atoms with Gasteiger partial charge in [0.1, 0.15) is 0 Å². The monoisotopic (exact) mass is 163 g/mol. The van der Waals surface area contributed by atoms with Gasteiger partial charge in [-0.25, -0.2) is 0 Å². The Morgan fingerprint density at radius 2 is 2.00 bits per heavy atom. The highest BCUT2D eigenvalue weighted by Crippen LogP contribution is 1.99. The van der Waals surface area contributed by atoms with E-state index in [1.807, 2.05) is 30.3 Å². The molecule has 0 fully saturated rings. The van der Waals surface area contributed by atoms with Crippen LogP contribution in [0.4, 0.5) is 0 Å². The summed E-state index contributed by atoms with van der Waals surface area (Å²) in [7, 11) is 0. The van der Waals surface area contributed by atoms with Gasteiger partial charge in [-0.1, -0.05) is 30.3 Å². The molecule has 0 bridgehead atoms. The predicted octanol–water partition coefficient (Wildman–Crippen LogP) is 2.02. The van der Waals surface area contributed by atoms with E-state index in [-0.39, 0.29) is 0 Å². The molecule has 0 radical (unpaired) electrons. The molecule has 0 heterocycles. The summed E-state index contributed by atoms with van der Waals surface area (Å²) in [6.07, 6.45) is 3.12. The van der Waals surface area contributed by atoms with Gasteiger partial charge in [-0.2, -0.15) is 0 Å². The molecule has 12 heavy (non-hydrogen) atoms.